The van der Waals surface area contributed by atoms with E-state index in [-0.39, 0.29) is 11.5 Å². The fourth-order valence-electron chi connectivity index (χ4n) is 1.50. The number of carbonyl (C=O) groups excluding carboxylic acids is 2. The van der Waals surface area contributed by atoms with Gasteiger partial charge in [0.1, 0.15) is 5.69 Å². The van der Waals surface area contributed by atoms with E-state index >= 15 is 0 Å². The fourth-order valence-corrected chi connectivity index (χ4v) is 1.69. The number of fused-ring (bicyclic) bond motifs is 1. The third-order valence-electron chi connectivity index (χ3n) is 2.27. The standard InChI is InChI=1S/C8H9N3O3S/c12-7(9-14)5-3-6-8(13)11(15)2-1-10(6)4-5/h3-4,14-15H,1-2H2,(H,9,12). The van der Waals surface area contributed by atoms with Crippen molar-refractivity contribution >= 4 is 24.6 Å². The minimum Gasteiger partial charge on any atom is -0.341 e. The predicted molar refractivity (Wildman–Crippen MR) is 53.7 cm³/mol. The molecule has 0 aliphatic carbocycles. The number of rotatable bonds is 1. The summed E-state index contributed by atoms with van der Waals surface area (Å²) >= 11 is 3.99. The molecule has 6 nitrogen and oxygen atoms in total. The lowest BCUT2D eigenvalue weighted by Gasteiger charge is -2.22. The maximum atomic E-state index is 11.6. The average Bonchev–Trinajstić information content (AvgIpc) is 2.67. The van der Waals surface area contributed by atoms with E-state index in [1.54, 1.807) is 4.57 Å². The highest BCUT2D eigenvalue weighted by molar-refractivity contribution is 7.78. The van der Waals surface area contributed by atoms with Crippen molar-refractivity contribution in [2.24, 2.45) is 0 Å². The third-order valence-corrected chi connectivity index (χ3v) is 2.65. The summed E-state index contributed by atoms with van der Waals surface area (Å²) < 4.78 is 2.95. The van der Waals surface area contributed by atoms with Crippen LogP contribution in [0.3, 0.4) is 0 Å². The first-order valence-corrected chi connectivity index (χ1v) is 4.69. The van der Waals surface area contributed by atoms with E-state index in [1.807, 2.05) is 0 Å². The maximum absolute atomic E-state index is 11.6. The summed E-state index contributed by atoms with van der Waals surface area (Å²) in [6, 6.07) is 1.43. The zero-order chi connectivity index (χ0) is 11.0. The Balaban J connectivity index is 2.39. The lowest BCUT2D eigenvalue weighted by atomic mass is 10.3. The van der Waals surface area contributed by atoms with E-state index in [1.165, 1.54) is 22.0 Å². The Hall–Kier alpha value is -1.47. The molecule has 0 radical (unpaired) electrons. The van der Waals surface area contributed by atoms with Crippen LogP contribution in [0, 0.1) is 0 Å². The average molecular weight is 227 g/mol. The first-order valence-electron chi connectivity index (χ1n) is 4.29. The highest BCUT2D eigenvalue weighted by atomic mass is 32.1. The van der Waals surface area contributed by atoms with Crippen LogP contribution in [0.1, 0.15) is 20.8 Å². The Kier molecular flexibility index (Phi) is 2.41. The van der Waals surface area contributed by atoms with Gasteiger partial charge in [-0.15, -0.1) is 0 Å². The monoisotopic (exact) mass is 227 g/mol. The van der Waals surface area contributed by atoms with E-state index in [0.717, 1.165) is 0 Å². The molecule has 7 heteroatoms. The highest BCUT2D eigenvalue weighted by Gasteiger charge is 2.24. The van der Waals surface area contributed by atoms with Crippen LogP contribution in [0.2, 0.25) is 0 Å². The molecule has 1 aromatic heterocycles. The Labute approximate surface area is 91.0 Å². The summed E-state index contributed by atoms with van der Waals surface area (Å²) in [7, 11) is 0. The summed E-state index contributed by atoms with van der Waals surface area (Å²) in [5, 5.41) is 8.45. The summed E-state index contributed by atoms with van der Waals surface area (Å²) in [6.07, 6.45) is 1.53. The van der Waals surface area contributed by atoms with Gasteiger partial charge in [-0.2, -0.15) is 0 Å². The van der Waals surface area contributed by atoms with Crippen LogP contribution in [-0.2, 0) is 6.54 Å². The number of aromatic nitrogens is 1. The van der Waals surface area contributed by atoms with Crippen molar-refractivity contribution in [2.45, 2.75) is 6.54 Å². The Morgan fingerprint density at radius 2 is 2.27 bits per heavy atom. The molecule has 2 heterocycles. The topological polar surface area (TPSA) is 74.6 Å². The van der Waals surface area contributed by atoms with Gasteiger partial charge in [-0.3, -0.25) is 19.1 Å². The van der Waals surface area contributed by atoms with Crippen molar-refractivity contribution < 1.29 is 14.8 Å². The molecule has 0 bridgehead atoms. The molecular weight excluding hydrogens is 218 g/mol. The van der Waals surface area contributed by atoms with Gasteiger partial charge in [0.25, 0.3) is 11.8 Å². The van der Waals surface area contributed by atoms with Crippen molar-refractivity contribution in [2.75, 3.05) is 6.54 Å². The van der Waals surface area contributed by atoms with E-state index < -0.39 is 5.91 Å². The molecule has 1 aliphatic rings. The van der Waals surface area contributed by atoms with Gasteiger partial charge >= 0.3 is 0 Å². The highest BCUT2D eigenvalue weighted by Crippen LogP contribution is 2.17. The van der Waals surface area contributed by atoms with Crippen LogP contribution in [-0.4, -0.2) is 32.4 Å². The van der Waals surface area contributed by atoms with Crippen LogP contribution in [0.4, 0.5) is 0 Å². The van der Waals surface area contributed by atoms with Crippen LogP contribution in [0.25, 0.3) is 0 Å². The second kappa shape index (κ2) is 3.59. The molecule has 0 spiro atoms. The first-order chi connectivity index (χ1) is 7.13. The molecular formula is C8H9N3O3S. The summed E-state index contributed by atoms with van der Waals surface area (Å²) in [5.74, 6) is -0.878. The number of hydrogen-bond acceptors (Lipinski definition) is 4. The van der Waals surface area contributed by atoms with Gasteiger partial charge in [0, 0.05) is 12.7 Å². The number of hydroxylamine groups is 1. The number of carbonyl (C=O) groups is 2. The second-order valence-corrected chi connectivity index (χ2v) is 3.66. The maximum Gasteiger partial charge on any atom is 0.280 e. The Morgan fingerprint density at radius 3 is 2.93 bits per heavy atom. The molecule has 0 saturated carbocycles. The van der Waals surface area contributed by atoms with Gasteiger partial charge in [0.15, 0.2) is 0 Å². The largest absolute Gasteiger partial charge is 0.341 e. The first kappa shape index (κ1) is 10.1. The SMILES string of the molecule is O=C(NO)c1cc2n(c1)CCN(S)C2=O. The normalized spacial score (nSPS) is 15.1. The van der Waals surface area contributed by atoms with Gasteiger partial charge in [-0.25, -0.2) is 5.48 Å². The third kappa shape index (κ3) is 1.59. The van der Waals surface area contributed by atoms with Gasteiger partial charge in [-0.1, -0.05) is 12.8 Å². The van der Waals surface area contributed by atoms with Crippen LogP contribution < -0.4 is 5.48 Å². The van der Waals surface area contributed by atoms with Crippen molar-refractivity contribution in [3.63, 3.8) is 0 Å². The Morgan fingerprint density at radius 1 is 1.53 bits per heavy atom. The van der Waals surface area contributed by atoms with E-state index in [9.17, 15) is 9.59 Å². The van der Waals surface area contributed by atoms with E-state index in [2.05, 4.69) is 12.8 Å². The van der Waals surface area contributed by atoms with E-state index in [0.29, 0.717) is 18.8 Å². The summed E-state index contributed by atoms with van der Waals surface area (Å²) in [4.78, 5) is 22.7. The molecule has 80 valence electrons. The number of amides is 2. The van der Waals surface area contributed by atoms with Crippen LogP contribution in [0.15, 0.2) is 12.3 Å². The number of nitrogens with one attached hydrogen (secondary N) is 1. The molecule has 1 aromatic rings. The van der Waals surface area contributed by atoms with Crippen molar-refractivity contribution in [1.82, 2.24) is 14.4 Å². The molecule has 0 atom stereocenters. The van der Waals surface area contributed by atoms with E-state index in [4.69, 9.17) is 5.21 Å². The number of hydrogen-bond donors (Lipinski definition) is 3. The molecule has 0 saturated heterocycles. The molecule has 2 rings (SSSR count). The van der Waals surface area contributed by atoms with Crippen LogP contribution >= 0.6 is 12.8 Å². The van der Waals surface area contributed by atoms with Crippen molar-refractivity contribution in [3.05, 3.63) is 23.5 Å². The minimum absolute atomic E-state index is 0.249. The molecule has 0 fully saturated rings. The molecule has 0 aromatic carbocycles. The lowest BCUT2D eigenvalue weighted by Crippen LogP contribution is -2.33. The smallest absolute Gasteiger partial charge is 0.280 e. The molecule has 0 unspecified atom stereocenters. The zero-order valence-electron chi connectivity index (χ0n) is 7.67. The zero-order valence-corrected chi connectivity index (χ0v) is 8.57. The number of thiol groups is 1. The molecule has 2 amide bonds. The Bertz CT molecular complexity index is 429. The minimum atomic E-state index is -0.629. The summed E-state index contributed by atoms with van der Waals surface area (Å²) in [6.45, 7) is 1.08. The molecule has 2 N–H and O–H groups in total. The lowest BCUT2D eigenvalue weighted by molar-refractivity contribution is 0.0706. The van der Waals surface area contributed by atoms with Crippen LogP contribution in [0.5, 0.6) is 0 Å². The predicted octanol–water partition coefficient (Wildman–Crippen LogP) is -0.0923. The van der Waals surface area contributed by atoms with Crippen molar-refractivity contribution in [1.29, 1.82) is 0 Å². The molecule has 15 heavy (non-hydrogen) atoms. The summed E-state index contributed by atoms with van der Waals surface area (Å²) in [5.41, 5.74) is 2.17. The van der Waals surface area contributed by atoms with Gasteiger partial charge < -0.3 is 4.57 Å². The van der Waals surface area contributed by atoms with Crippen molar-refractivity contribution in [3.8, 4) is 0 Å². The fraction of sp³-hybridized carbons (Fsp3) is 0.250. The quantitative estimate of drug-likeness (QED) is 0.356. The number of nitrogens with zero attached hydrogens (tertiary/aromatic N) is 2. The van der Waals surface area contributed by atoms with Gasteiger partial charge in [-0.05, 0) is 6.07 Å². The van der Waals surface area contributed by atoms with Gasteiger partial charge in [0.2, 0.25) is 0 Å². The molecule has 1 aliphatic heterocycles. The second-order valence-electron chi connectivity index (χ2n) is 3.18. The van der Waals surface area contributed by atoms with Gasteiger partial charge in [0.05, 0.1) is 12.1 Å².